The topological polar surface area (TPSA) is 12.4 Å². The van der Waals surface area contributed by atoms with Crippen LogP contribution in [0.15, 0.2) is 29.8 Å². The van der Waals surface area contributed by atoms with Crippen LogP contribution in [0.25, 0.3) is 5.57 Å². The molecule has 0 unspecified atom stereocenters. The van der Waals surface area contributed by atoms with Crippen molar-refractivity contribution in [2.75, 3.05) is 0 Å². The summed E-state index contributed by atoms with van der Waals surface area (Å²) in [6, 6.07) is 5.49. The standard InChI is InChI=1S/C10H10ClN.C2H6/c1-7(2)9-5-4-8(11)6-10(9)12-3;1-2/h4-6H,1,3H2,2H3;1-2H3. The molecule has 1 rings (SSSR count). The highest BCUT2D eigenvalue weighted by atomic mass is 35.5. The lowest BCUT2D eigenvalue weighted by atomic mass is 10.1. The Morgan fingerprint density at radius 3 is 2.36 bits per heavy atom. The van der Waals surface area contributed by atoms with Gasteiger partial charge in [-0.25, -0.2) is 0 Å². The molecule has 0 atom stereocenters. The lowest BCUT2D eigenvalue weighted by molar-refractivity contribution is 1.49. The van der Waals surface area contributed by atoms with Gasteiger partial charge in [0.15, 0.2) is 0 Å². The first-order valence-electron chi connectivity index (χ1n) is 4.57. The maximum atomic E-state index is 5.78. The van der Waals surface area contributed by atoms with E-state index in [9.17, 15) is 0 Å². The van der Waals surface area contributed by atoms with E-state index in [1.54, 1.807) is 6.07 Å². The fourth-order valence-corrected chi connectivity index (χ4v) is 1.16. The second-order valence-electron chi connectivity index (χ2n) is 2.60. The van der Waals surface area contributed by atoms with Crippen LogP contribution in [0.5, 0.6) is 0 Å². The number of benzene rings is 1. The average Bonchev–Trinajstić information content (AvgIpc) is 2.20. The van der Waals surface area contributed by atoms with E-state index in [0.717, 1.165) is 16.8 Å². The molecule has 2 heteroatoms. The number of halogens is 1. The summed E-state index contributed by atoms with van der Waals surface area (Å²) in [5.74, 6) is 0. The molecule has 0 heterocycles. The Kier molecular flexibility index (Phi) is 5.89. The SMILES string of the molecule is C=Nc1cc(Cl)ccc1C(=C)C.CC. The summed E-state index contributed by atoms with van der Waals surface area (Å²) in [4.78, 5) is 3.86. The van der Waals surface area contributed by atoms with Crippen LogP contribution < -0.4 is 0 Å². The maximum absolute atomic E-state index is 5.78. The third-order valence-corrected chi connectivity index (χ3v) is 1.83. The summed E-state index contributed by atoms with van der Waals surface area (Å²) in [5, 5.41) is 0.669. The molecular formula is C12H16ClN. The predicted octanol–water partition coefficient (Wildman–Crippen LogP) is 4.73. The summed E-state index contributed by atoms with van der Waals surface area (Å²) >= 11 is 5.78. The van der Waals surface area contributed by atoms with Crippen LogP contribution in [0.4, 0.5) is 5.69 Å². The van der Waals surface area contributed by atoms with Gasteiger partial charge in [-0.05, 0) is 31.3 Å². The van der Waals surface area contributed by atoms with Gasteiger partial charge in [0.25, 0.3) is 0 Å². The van der Waals surface area contributed by atoms with Crippen molar-refractivity contribution in [2.45, 2.75) is 20.8 Å². The van der Waals surface area contributed by atoms with Gasteiger partial charge in [-0.2, -0.15) is 0 Å². The van der Waals surface area contributed by atoms with Crippen LogP contribution in [0.3, 0.4) is 0 Å². The van der Waals surface area contributed by atoms with Gasteiger partial charge in [0.05, 0.1) is 5.69 Å². The van der Waals surface area contributed by atoms with Gasteiger partial charge in [0.2, 0.25) is 0 Å². The van der Waals surface area contributed by atoms with Gasteiger partial charge in [0.1, 0.15) is 0 Å². The fraction of sp³-hybridized carbons (Fsp3) is 0.250. The lowest BCUT2D eigenvalue weighted by Gasteiger charge is -2.03. The second-order valence-corrected chi connectivity index (χ2v) is 3.04. The van der Waals surface area contributed by atoms with Crippen molar-refractivity contribution in [3.63, 3.8) is 0 Å². The first-order chi connectivity index (χ1) is 6.65. The zero-order chi connectivity index (χ0) is 11.1. The van der Waals surface area contributed by atoms with Gasteiger partial charge >= 0.3 is 0 Å². The van der Waals surface area contributed by atoms with Crippen LogP contribution in [0.2, 0.25) is 5.02 Å². The number of allylic oxidation sites excluding steroid dienone is 1. The Hall–Kier alpha value is -1.08. The number of hydrogen-bond acceptors (Lipinski definition) is 1. The molecule has 0 spiro atoms. The Balaban J connectivity index is 0.000000791. The first-order valence-corrected chi connectivity index (χ1v) is 4.95. The van der Waals surface area contributed by atoms with E-state index in [1.165, 1.54) is 0 Å². The molecule has 1 aromatic carbocycles. The minimum Gasteiger partial charge on any atom is -0.264 e. The monoisotopic (exact) mass is 209 g/mol. The summed E-state index contributed by atoms with van der Waals surface area (Å²) in [6.07, 6.45) is 0. The quantitative estimate of drug-likeness (QED) is 0.625. The summed E-state index contributed by atoms with van der Waals surface area (Å²) in [7, 11) is 0. The predicted molar refractivity (Wildman–Crippen MR) is 66.7 cm³/mol. The van der Waals surface area contributed by atoms with Crippen LogP contribution in [0.1, 0.15) is 26.3 Å². The highest BCUT2D eigenvalue weighted by Crippen LogP contribution is 2.27. The van der Waals surface area contributed by atoms with Crippen molar-refractivity contribution in [3.8, 4) is 0 Å². The number of rotatable bonds is 2. The minimum atomic E-state index is 0.669. The smallest absolute Gasteiger partial charge is 0.0711 e. The normalized spacial score (nSPS) is 8.57. The van der Waals surface area contributed by atoms with Gasteiger partial charge in [-0.3, -0.25) is 4.99 Å². The van der Waals surface area contributed by atoms with Gasteiger partial charge in [0, 0.05) is 10.6 Å². The highest BCUT2D eigenvalue weighted by Gasteiger charge is 2.01. The Labute approximate surface area is 91.1 Å². The van der Waals surface area contributed by atoms with Crippen molar-refractivity contribution in [2.24, 2.45) is 4.99 Å². The molecule has 1 aromatic rings. The zero-order valence-corrected chi connectivity index (χ0v) is 9.73. The third-order valence-electron chi connectivity index (χ3n) is 1.59. The molecule has 0 aromatic heterocycles. The lowest BCUT2D eigenvalue weighted by Crippen LogP contribution is -1.78. The Morgan fingerprint density at radius 2 is 1.93 bits per heavy atom. The molecule has 0 aliphatic carbocycles. The van der Waals surface area contributed by atoms with Crippen LogP contribution in [0, 0.1) is 0 Å². The largest absolute Gasteiger partial charge is 0.264 e. The molecule has 0 amide bonds. The Morgan fingerprint density at radius 1 is 1.36 bits per heavy atom. The molecule has 0 fully saturated rings. The van der Waals surface area contributed by atoms with Crippen molar-refractivity contribution < 1.29 is 0 Å². The van der Waals surface area contributed by atoms with E-state index in [0.29, 0.717) is 5.02 Å². The minimum absolute atomic E-state index is 0.669. The van der Waals surface area contributed by atoms with Crippen molar-refractivity contribution in [1.29, 1.82) is 0 Å². The van der Waals surface area contributed by atoms with Crippen molar-refractivity contribution in [1.82, 2.24) is 0 Å². The fourth-order valence-electron chi connectivity index (χ4n) is 0.997. The number of aliphatic imine (C=N–C) groups is 1. The van der Waals surface area contributed by atoms with Crippen LogP contribution in [-0.2, 0) is 0 Å². The van der Waals surface area contributed by atoms with E-state index in [-0.39, 0.29) is 0 Å². The van der Waals surface area contributed by atoms with Gasteiger partial charge < -0.3 is 0 Å². The van der Waals surface area contributed by atoms with Gasteiger partial charge in [-0.15, -0.1) is 0 Å². The van der Waals surface area contributed by atoms with Crippen molar-refractivity contribution in [3.05, 3.63) is 35.4 Å². The molecular weight excluding hydrogens is 194 g/mol. The van der Waals surface area contributed by atoms with E-state index < -0.39 is 0 Å². The first kappa shape index (κ1) is 12.9. The maximum Gasteiger partial charge on any atom is 0.0711 e. The van der Waals surface area contributed by atoms with E-state index in [4.69, 9.17) is 11.6 Å². The van der Waals surface area contributed by atoms with Gasteiger partial charge in [-0.1, -0.05) is 38.1 Å². The molecule has 0 saturated heterocycles. The average molecular weight is 210 g/mol. The highest BCUT2D eigenvalue weighted by molar-refractivity contribution is 6.30. The molecule has 1 nitrogen and oxygen atoms in total. The molecule has 0 aliphatic heterocycles. The van der Waals surface area contributed by atoms with Crippen LogP contribution >= 0.6 is 11.6 Å². The third kappa shape index (κ3) is 3.35. The zero-order valence-electron chi connectivity index (χ0n) is 8.97. The molecule has 0 bridgehead atoms. The van der Waals surface area contributed by atoms with E-state index in [1.807, 2.05) is 32.9 Å². The van der Waals surface area contributed by atoms with Crippen molar-refractivity contribution >= 4 is 29.6 Å². The molecule has 0 N–H and O–H groups in total. The second kappa shape index (κ2) is 6.39. The molecule has 14 heavy (non-hydrogen) atoms. The number of hydrogen-bond donors (Lipinski definition) is 0. The van der Waals surface area contributed by atoms with E-state index in [2.05, 4.69) is 18.3 Å². The van der Waals surface area contributed by atoms with E-state index >= 15 is 0 Å². The number of nitrogens with zero attached hydrogens (tertiary/aromatic N) is 1. The summed E-state index contributed by atoms with van der Waals surface area (Å²) in [6.45, 7) is 13.2. The van der Waals surface area contributed by atoms with Crippen LogP contribution in [-0.4, -0.2) is 6.72 Å². The molecule has 0 aliphatic rings. The molecule has 76 valence electrons. The summed E-state index contributed by atoms with van der Waals surface area (Å²) in [5.41, 5.74) is 2.75. The molecule has 0 saturated carbocycles. The Bertz CT molecular complexity index is 329. The molecule has 0 radical (unpaired) electrons. The summed E-state index contributed by atoms with van der Waals surface area (Å²) < 4.78 is 0.